The number of ether oxygens (including phenoxy) is 1. The monoisotopic (exact) mass is 265 g/mol. The van der Waals surface area contributed by atoms with Crippen LogP contribution in [0.2, 0.25) is 0 Å². The molecule has 3 rings (SSSR count). The zero-order chi connectivity index (χ0) is 13.2. The van der Waals surface area contributed by atoms with E-state index in [4.69, 9.17) is 4.74 Å². The van der Waals surface area contributed by atoms with Crippen LogP contribution in [0.4, 0.5) is 0 Å². The zero-order valence-corrected chi connectivity index (χ0v) is 12.7. The molecule has 1 N–H and O–H groups in total. The van der Waals surface area contributed by atoms with Crippen LogP contribution in [0.25, 0.3) is 0 Å². The van der Waals surface area contributed by atoms with Crippen molar-refractivity contribution in [1.29, 1.82) is 0 Å². The minimum Gasteiger partial charge on any atom is -0.381 e. The predicted molar refractivity (Wildman–Crippen MR) is 79.3 cm³/mol. The Bertz CT molecular complexity index is 280. The molecular weight excluding hydrogens is 234 g/mol. The normalized spacial score (nSPS) is 30.8. The lowest BCUT2D eigenvalue weighted by atomic mass is 9.71. The van der Waals surface area contributed by atoms with Crippen molar-refractivity contribution in [3.8, 4) is 0 Å². The maximum atomic E-state index is 5.49. The van der Waals surface area contributed by atoms with E-state index in [0.29, 0.717) is 5.41 Å². The van der Waals surface area contributed by atoms with Gasteiger partial charge in [0.1, 0.15) is 0 Å². The molecule has 0 unspecified atom stereocenters. The first kappa shape index (κ1) is 13.9. The minimum atomic E-state index is 0.487. The Labute approximate surface area is 118 Å². The van der Waals surface area contributed by atoms with Gasteiger partial charge in [0.25, 0.3) is 0 Å². The van der Waals surface area contributed by atoms with Crippen LogP contribution in [0.3, 0.4) is 0 Å². The quantitative estimate of drug-likeness (QED) is 0.835. The molecule has 0 amide bonds. The third kappa shape index (κ3) is 3.33. The first-order valence-electron chi connectivity index (χ1n) is 8.51. The van der Waals surface area contributed by atoms with Crippen LogP contribution in [0, 0.1) is 10.8 Å². The second kappa shape index (κ2) is 5.73. The summed E-state index contributed by atoms with van der Waals surface area (Å²) in [6, 6.07) is 0.797. The van der Waals surface area contributed by atoms with E-state index in [1.807, 2.05) is 0 Å². The van der Waals surface area contributed by atoms with E-state index in [1.54, 1.807) is 0 Å². The summed E-state index contributed by atoms with van der Waals surface area (Å²) in [4.78, 5) is 0. The van der Waals surface area contributed by atoms with Crippen LogP contribution in [-0.4, -0.2) is 25.8 Å². The van der Waals surface area contributed by atoms with Crippen molar-refractivity contribution < 1.29 is 4.74 Å². The summed E-state index contributed by atoms with van der Waals surface area (Å²) in [7, 11) is 0. The van der Waals surface area contributed by atoms with Crippen molar-refractivity contribution in [2.75, 3.05) is 19.8 Å². The SMILES string of the molecule is CC1(CNC2CCC3(CCCC3)CC2)CCOCC1. The van der Waals surface area contributed by atoms with Gasteiger partial charge in [-0.1, -0.05) is 19.8 Å². The van der Waals surface area contributed by atoms with Gasteiger partial charge in [0.2, 0.25) is 0 Å². The van der Waals surface area contributed by atoms with Crippen molar-refractivity contribution >= 4 is 0 Å². The van der Waals surface area contributed by atoms with Gasteiger partial charge in [-0.05, 0) is 62.2 Å². The van der Waals surface area contributed by atoms with E-state index in [9.17, 15) is 0 Å². The summed E-state index contributed by atoms with van der Waals surface area (Å²) in [6.45, 7) is 5.57. The van der Waals surface area contributed by atoms with Gasteiger partial charge in [0, 0.05) is 25.8 Å². The molecule has 1 heterocycles. The third-order valence-corrected chi connectivity index (χ3v) is 6.23. The second-order valence-electron chi connectivity index (χ2n) is 7.79. The van der Waals surface area contributed by atoms with Crippen LogP contribution in [0.15, 0.2) is 0 Å². The largest absolute Gasteiger partial charge is 0.381 e. The van der Waals surface area contributed by atoms with Crippen molar-refractivity contribution in [3.05, 3.63) is 0 Å². The summed E-state index contributed by atoms with van der Waals surface area (Å²) >= 11 is 0. The Hall–Kier alpha value is -0.0800. The summed E-state index contributed by atoms with van der Waals surface area (Å²) < 4.78 is 5.49. The topological polar surface area (TPSA) is 21.3 Å². The van der Waals surface area contributed by atoms with Crippen LogP contribution in [-0.2, 0) is 4.74 Å². The molecule has 19 heavy (non-hydrogen) atoms. The van der Waals surface area contributed by atoms with Gasteiger partial charge in [-0.15, -0.1) is 0 Å². The van der Waals surface area contributed by atoms with E-state index in [2.05, 4.69) is 12.2 Å². The molecule has 0 aromatic rings. The van der Waals surface area contributed by atoms with E-state index in [1.165, 1.54) is 70.8 Å². The molecule has 0 bridgehead atoms. The summed E-state index contributed by atoms with van der Waals surface area (Å²) in [5.74, 6) is 0. The first-order chi connectivity index (χ1) is 9.20. The molecule has 3 fully saturated rings. The highest BCUT2D eigenvalue weighted by molar-refractivity contribution is 4.92. The van der Waals surface area contributed by atoms with E-state index in [0.717, 1.165) is 24.7 Å². The number of hydrogen-bond acceptors (Lipinski definition) is 2. The number of hydrogen-bond donors (Lipinski definition) is 1. The Balaban J connectivity index is 1.42. The molecule has 2 nitrogen and oxygen atoms in total. The molecule has 2 heteroatoms. The van der Waals surface area contributed by atoms with Crippen molar-refractivity contribution in [1.82, 2.24) is 5.32 Å². The average Bonchev–Trinajstić information content (AvgIpc) is 2.88. The maximum Gasteiger partial charge on any atom is 0.0471 e. The van der Waals surface area contributed by atoms with Crippen molar-refractivity contribution in [3.63, 3.8) is 0 Å². The Morgan fingerprint density at radius 3 is 2.21 bits per heavy atom. The first-order valence-corrected chi connectivity index (χ1v) is 8.51. The lowest BCUT2D eigenvalue weighted by Gasteiger charge is -2.40. The fourth-order valence-electron chi connectivity index (χ4n) is 4.49. The third-order valence-electron chi connectivity index (χ3n) is 6.23. The van der Waals surface area contributed by atoms with Gasteiger partial charge in [0.05, 0.1) is 0 Å². The molecule has 3 aliphatic rings. The molecule has 1 saturated heterocycles. The van der Waals surface area contributed by atoms with Gasteiger partial charge in [-0.25, -0.2) is 0 Å². The van der Waals surface area contributed by atoms with Gasteiger partial charge < -0.3 is 10.1 Å². The Morgan fingerprint density at radius 2 is 1.58 bits per heavy atom. The molecule has 110 valence electrons. The number of rotatable bonds is 3. The zero-order valence-electron chi connectivity index (χ0n) is 12.7. The molecule has 1 aliphatic heterocycles. The van der Waals surface area contributed by atoms with Crippen molar-refractivity contribution in [2.24, 2.45) is 10.8 Å². The number of nitrogens with one attached hydrogen (secondary N) is 1. The molecule has 0 aromatic carbocycles. The van der Waals surface area contributed by atoms with E-state index in [-0.39, 0.29) is 0 Å². The van der Waals surface area contributed by atoms with Gasteiger partial charge in [-0.3, -0.25) is 0 Å². The van der Waals surface area contributed by atoms with Crippen LogP contribution in [0.5, 0.6) is 0 Å². The second-order valence-corrected chi connectivity index (χ2v) is 7.79. The summed E-state index contributed by atoms with van der Waals surface area (Å²) in [5, 5.41) is 3.88. The van der Waals surface area contributed by atoms with Gasteiger partial charge in [-0.2, -0.15) is 0 Å². The standard InChI is InChI=1S/C17H31NO/c1-16(10-12-19-13-11-16)14-18-15-4-8-17(9-5-15)6-2-3-7-17/h15,18H,2-14H2,1H3. The fraction of sp³-hybridized carbons (Fsp3) is 1.00. The molecule has 0 radical (unpaired) electrons. The smallest absolute Gasteiger partial charge is 0.0471 e. The van der Waals surface area contributed by atoms with Crippen LogP contribution >= 0.6 is 0 Å². The molecule has 0 aromatic heterocycles. The lowest BCUT2D eigenvalue weighted by molar-refractivity contribution is 0.0213. The molecular formula is C17H31NO. The van der Waals surface area contributed by atoms with Crippen molar-refractivity contribution in [2.45, 2.75) is 77.2 Å². The van der Waals surface area contributed by atoms with Gasteiger partial charge >= 0.3 is 0 Å². The molecule has 2 saturated carbocycles. The average molecular weight is 265 g/mol. The molecule has 2 aliphatic carbocycles. The van der Waals surface area contributed by atoms with Gasteiger partial charge in [0.15, 0.2) is 0 Å². The highest BCUT2D eigenvalue weighted by Gasteiger charge is 2.37. The summed E-state index contributed by atoms with van der Waals surface area (Å²) in [6.07, 6.45) is 14.3. The molecule has 0 atom stereocenters. The Morgan fingerprint density at radius 1 is 0.947 bits per heavy atom. The minimum absolute atomic E-state index is 0.487. The van der Waals surface area contributed by atoms with E-state index < -0.39 is 0 Å². The summed E-state index contributed by atoms with van der Waals surface area (Å²) in [5.41, 5.74) is 1.27. The van der Waals surface area contributed by atoms with E-state index >= 15 is 0 Å². The lowest BCUT2D eigenvalue weighted by Crippen LogP contribution is -2.43. The highest BCUT2D eigenvalue weighted by Crippen LogP contribution is 2.48. The predicted octanol–water partition coefficient (Wildman–Crippen LogP) is 3.90. The van der Waals surface area contributed by atoms with Crippen LogP contribution in [0.1, 0.15) is 71.1 Å². The highest BCUT2D eigenvalue weighted by atomic mass is 16.5. The fourth-order valence-corrected chi connectivity index (χ4v) is 4.49. The maximum absolute atomic E-state index is 5.49. The molecule has 1 spiro atoms. The van der Waals surface area contributed by atoms with Crippen LogP contribution < -0.4 is 5.32 Å². The Kier molecular flexibility index (Phi) is 4.19.